The van der Waals surface area contributed by atoms with Crippen molar-refractivity contribution in [1.82, 2.24) is 29.0 Å². The number of benzene rings is 3. The Bertz CT molecular complexity index is 2780. The van der Waals surface area contributed by atoms with Gasteiger partial charge in [0.1, 0.15) is 46.6 Å². The van der Waals surface area contributed by atoms with E-state index in [9.17, 15) is 14.0 Å². The molecule has 3 aromatic heterocycles. The van der Waals surface area contributed by atoms with Crippen LogP contribution in [0.25, 0.3) is 22.1 Å². The van der Waals surface area contributed by atoms with Gasteiger partial charge in [0.25, 0.3) is 0 Å². The molecule has 1 saturated carbocycles. The van der Waals surface area contributed by atoms with Crippen molar-refractivity contribution in [3.05, 3.63) is 104 Å². The fraction of sp³-hybridized carbons (Fsp3) is 0.426. The van der Waals surface area contributed by atoms with Crippen molar-refractivity contribution in [3.63, 3.8) is 0 Å². The molecule has 6 heterocycles. The maximum absolute atomic E-state index is 14.2. The van der Waals surface area contributed by atoms with Gasteiger partial charge >= 0.3 is 11.9 Å². The predicted molar refractivity (Wildman–Crippen MR) is 244 cm³/mol. The third-order valence-corrected chi connectivity index (χ3v) is 13.5. The molecule has 66 heavy (non-hydrogen) atoms. The number of halogens is 4. The predicted octanol–water partition coefficient (Wildman–Crippen LogP) is 8.24. The quantitative estimate of drug-likeness (QED) is 0.0719. The molecule has 348 valence electrons. The highest BCUT2D eigenvalue weighted by atomic mass is 35.5. The second-order valence-corrected chi connectivity index (χ2v) is 17.7. The number of nitrogens with zero attached hydrogens (tertiary/aromatic N) is 6. The number of hydrogen-bond donors (Lipinski definition) is 0. The van der Waals surface area contributed by atoms with Crippen molar-refractivity contribution >= 4 is 68.8 Å². The van der Waals surface area contributed by atoms with Crippen LogP contribution in [-0.2, 0) is 51.1 Å². The molecular weight excluding hydrogens is 918 g/mol. The Kier molecular flexibility index (Phi) is 13.6. The lowest BCUT2D eigenvalue weighted by Crippen LogP contribution is -2.33. The molecule has 3 aliphatic heterocycles. The van der Waals surface area contributed by atoms with E-state index in [2.05, 4.69) is 14.5 Å². The van der Waals surface area contributed by atoms with Crippen molar-refractivity contribution in [2.45, 2.75) is 63.1 Å². The molecular formula is C47H48Cl3FN6O9. The molecule has 0 bridgehead atoms. The maximum Gasteiger partial charge on any atom is 0.338 e. The average Bonchev–Trinajstić information content (AvgIpc) is 3.54. The first-order valence-electron chi connectivity index (χ1n) is 21.6. The highest BCUT2D eigenvalue weighted by Crippen LogP contribution is 2.59. The molecule has 4 fully saturated rings. The van der Waals surface area contributed by atoms with Crippen LogP contribution in [0.1, 0.15) is 62.4 Å². The Morgan fingerprint density at radius 3 is 1.82 bits per heavy atom. The van der Waals surface area contributed by atoms with Gasteiger partial charge in [0.2, 0.25) is 5.88 Å². The average molecular weight is 966 g/mol. The zero-order valence-electron chi connectivity index (χ0n) is 36.7. The fourth-order valence-corrected chi connectivity index (χ4v) is 9.64. The number of hydrogen-bond acceptors (Lipinski definition) is 13. The van der Waals surface area contributed by atoms with E-state index < -0.39 is 17.8 Å². The van der Waals surface area contributed by atoms with Gasteiger partial charge in [-0.3, -0.25) is 4.90 Å². The SMILES string of the molecule is COC(=O)c1cc(OC)c2nc(CCl)n(C[C@@H]3CCO3)c2c1.COC(=O)c1cc(OC)c2nc(CN3C[C@@H]4C(c5nc(OCc6ccc(Cl)cc6F)ccc5Cl)[C@@H]4C3)n(C[C@@H]3CCO3)c2c1. The number of carbonyl (C=O) groups is 2. The van der Waals surface area contributed by atoms with Crippen LogP contribution < -0.4 is 14.2 Å². The van der Waals surface area contributed by atoms with E-state index in [1.54, 1.807) is 56.7 Å². The summed E-state index contributed by atoms with van der Waals surface area (Å²) < 4.78 is 56.2. The fourth-order valence-electron chi connectivity index (χ4n) is 9.05. The van der Waals surface area contributed by atoms with Crippen LogP contribution in [0, 0.1) is 17.7 Å². The molecule has 4 aliphatic rings. The molecule has 19 heteroatoms. The van der Waals surface area contributed by atoms with Crippen molar-refractivity contribution in [3.8, 4) is 17.4 Å². The smallest absolute Gasteiger partial charge is 0.338 e. The van der Waals surface area contributed by atoms with Crippen LogP contribution in [0.4, 0.5) is 4.39 Å². The minimum Gasteiger partial charge on any atom is -0.494 e. The second kappa shape index (κ2) is 19.5. The number of alkyl halides is 1. The third-order valence-electron chi connectivity index (χ3n) is 12.7. The molecule has 0 amide bonds. The first-order valence-corrected chi connectivity index (χ1v) is 22.8. The van der Waals surface area contributed by atoms with Crippen LogP contribution in [-0.4, -0.2) is 108 Å². The molecule has 5 atom stereocenters. The number of carbonyl (C=O) groups excluding carboxylic acids is 2. The van der Waals surface area contributed by atoms with Gasteiger partial charge in [-0.25, -0.2) is 28.9 Å². The standard InChI is InChI=1S/C32H31Cl2FN4O5.C15H17ClN2O4/c1-41-26-10-18(32(40)42-2)9-25-31(26)36-27(39(25)12-20-7-8-43-20)15-38-13-21-22(14-38)29(21)30-23(34)5-6-28(37-30)44-16-17-3-4-19(33)11-24(17)35;1-20-12-6-9(15(19)21-2)5-11-14(12)17-13(7-16)18(11)8-10-3-4-22-10/h3-6,9-11,20-22,29H,7-8,12-16H2,1-2H3;5-6,10H,3-4,7-8H2,1-2H3/t20-,21-,22+,29?;10-/m00/s1. The summed E-state index contributed by atoms with van der Waals surface area (Å²) in [6.07, 6.45) is 2.25. The zero-order valence-corrected chi connectivity index (χ0v) is 39.0. The lowest BCUT2D eigenvalue weighted by atomic mass is 10.1. The summed E-state index contributed by atoms with van der Waals surface area (Å²) in [7, 11) is 5.84. The number of pyridine rings is 1. The number of ether oxygens (including phenoxy) is 7. The van der Waals surface area contributed by atoms with Gasteiger partial charge in [0, 0.05) is 48.9 Å². The first kappa shape index (κ1) is 45.9. The van der Waals surface area contributed by atoms with Crippen molar-refractivity contribution < 1.29 is 47.1 Å². The van der Waals surface area contributed by atoms with Crippen LogP contribution >= 0.6 is 34.8 Å². The number of aromatic nitrogens is 5. The number of fused-ring (bicyclic) bond motifs is 3. The molecule has 6 aromatic rings. The molecule has 0 N–H and O–H groups in total. The molecule has 10 rings (SSSR count). The van der Waals surface area contributed by atoms with E-state index in [1.807, 2.05) is 10.6 Å². The third kappa shape index (κ3) is 9.23. The van der Waals surface area contributed by atoms with Gasteiger partial charge in [-0.2, -0.15) is 0 Å². The lowest BCUT2D eigenvalue weighted by molar-refractivity contribution is -0.0592. The summed E-state index contributed by atoms with van der Waals surface area (Å²) >= 11 is 18.5. The molecule has 0 spiro atoms. The van der Waals surface area contributed by atoms with Crippen LogP contribution in [0.5, 0.6) is 17.4 Å². The normalized spacial score (nSPS) is 20.8. The van der Waals surface area contributed by atoms with Gasteiger partial charge in [-0.05, 0) is 67.1 Å². The summed E-state index contributed by atoms with van der Waals surface area (Å²) in [6, 6.07) is 14.9. The zero-order chi connectivity index (χ0) is 46.2. The van der Waals surface area contributed by atoms with Gasteiger partial charge in [0.15, 0.2) is 0 Å². The topological polar surface area (TPSA) is 151 Å². The van der Waals surface area contributed by atoms with Gasteiger partial charge < -0.3 is 42.3 Å². The number of piperidine rings is 1. The highest BCUT2D eigenvalue weighted by Gasteiger charge is 2.57. The molecule has 3 saturated heterocycles. The number of rotatable bonds is 15. The second-order valence-electron chi connectivity index (χ2n) is 16.6. The maximum atomic E-state index is 14.2. The highest BCUT2D eigenvalue weighted by molar-refractivity contribution is 6.31. The lowest BCUT2D eigenvalue weighted by Gasteiger charge is -2.28. The first-order chi connectivity index (χ1) is 32.0. The van der Waals surface area contributed by atoms with Crippen LogP contribution in [0.3, 0.4) is 0 Å². The van der Waals surface area contributed by atoms with Gasteiger partial charge in [-0.15, -0.1) is 11.6 Å². The number of esters is 2. The summed E-state index contributed by atoms with van der Waals surface area (Å²) in [5, 5.41) is 0.946. The molecule has 1 unspecified atom stereocenters. The van der Waals surface area contributed by atoms with Crippen molar-refractivity contribution in [2.75, 3.05) is 54.7 Å². The van der Waals surface area contributed by atoms with E-state index in [-0.39, 0.29) is 30.6 Å². The molecule has 15 nitrogen and oxygen atoms in total. The molecule has 1 aliphatic carbocycles. The minimum atomic E-state index is -0.427. The number of methoxy groups -OCH3 is 4. The van der Waals surface area contributed by atoms with E-state index in [4.69, 9.17) is 77.9 Å². The Morgan fingerprint density at radius 2 is 1.32 bits per heavy atom. The summed E-state index contributed by atoms with van der Waals surface area (Å²) in [5.74, 6) is 3.17. The summed E-state index contributed by atoms with van der Waals surface area (Å²) in [4.78, 5) is 40.9. The Hall–Kier alpha value is -5.23. The van der Waals surface area contributed by atoms with E-state index in [1.165, 1.54) is 20.3 Å². The Balaban J connectivity index is 0.000000209. The van der Waals surface area contributed by atoms with Crippen LogP contribution in [0.15, 0.2) is 54.6 Å². The van der Waals surface area contributed by atoms with E-state index >= 15 is 0 Å². The van der Waals surface area contributed by atoms with Gasteiger partial charge in [-0.1, -0.05) is 29.3 Å². The van der Waals surface area contributed by atoms with Crippen LogP contribution in [0.2, 0.25) is 10.0 Å². The number of imidazole rings is 2. The van der Waals surface area contributed by atoms with E-state index in [0.717, 1.165) is 67.5 Å². The molecule has 3 aromatic carbocycles. The monoisotopic (exact) mass is 964 g/mol. The largest absolute Gasteiger partial charge is 0.494 e. The minimum absolute atomic E-state index is 0.0428. The Labute approximate surface area is 394 Å². The number of likely N-dealkylation sites (tertiary alicyclic amines) is 1. The molecule has 0 radical (unpaired) electrons. The Morgan fingerprint density at radius 1 is 0.758 bits per heavy atom. The van der Waals surface area contributed by atoms with Crippen molar-refractivity contribution in [2.24, 2.45) is 11.8 Å². The van der Waals surface area contributed by atoms with E-state index in [0.29, 0.717) is 86.6 Å². The van der Waals surface area contributed by atoms with Gasteiger partial charge in [0.05, 0.1) is 99.0 Å². The van der Waals surface area contributed by atoms with Crippen molar-refractivity contribution in [1.29, 1.82) is 0 Å². The summed E-state index contributed by atoms with van der Waals surface area (Å²) in [5.41, 5.74) is 5.08. The summed E-state index contributed by atoms with van der Waals surface area (Å²) in [6.45, 7) is 5.28.